The van der Waals surface area contributed by atoms with Gasteiger partial charge in [-0.15, -0.1) is 0 Å². The van der Waals surface area contributed by atoms with Crippen molar-refractivity contribution in [1.29, 1.82) is 0 Å². The molecule has 3 fully saturated rings. The summed E-state index contributed by atoms with van der Waals surface area (Å²) in [5.74, 6) is -0.735. The molecule has 5 atom stereocenters. The van der Waals surface area contributed by atoms with Gasteiger partial charge in [-0.3, -0.25) is 14.6 Å². The lowest BCUT2D eigenvalue weighted by Crippen LogP contribution is -2.50. The third-order valence-corrected chi connectivity index (χ3v) is 11.0. The second-order valence-corrected chi connectivity index (χ2v) is 14.1. The normalized spacial score (nSPS) is 25.3. The van der Waals surface area contributed by atoms with E-state index in [2.05, 4.69) is 67.5 Å². The van der Waals surface area contributed by atoms with Crippen LogP contribution in [0.15, 0.2) is 73.1 Å². The van der Waals surface area contributed by atoms with Crippen LogP contribution in [0, 0.1) is 5.95 Å². The third kappa shape index (κ3) is 6.70. The molecule has 2 aliphatic heterocycles. The average molecular weight is 663 g/mol. The first-order valence-electron chi connectivity index (χ1n) is 17.6. The number of nitrogens with two attached hydrogens (primary N) is 1. The first kappa shape index (κ1) is 32.0. The summed E-state index contributed by atoms with van der Waals surface area (Å²) in [5, 5.41) is 13.3. The Labute approximate surface area is 286 Å². The first-order valence-corrected chi connectivity index (χ1v) is 17.6. The smallest absolute Gasteiger partial charge is 0.255 e. The van der Waals surface area contributed by atoms with Gasteiger partial charge in [-0.1, -0.05) is 42.5 Å². The molecule has 2 aliphatic carbocycles. The highest BCUT2D eigenvalue weighted by Gasteiger charge is 2.39. The SMILES string of the molecule is Nc1ncc(-c2ccc(F)nc2)cc1C(=O)N[C@H]1CCC[C@@H]1OCc1ccc(-c2ccc3c(c2)CC[C@@H]3N2CCN3C[C@H](O)C[C@H]3C2)cc1. The van der Waals surface area contributed by atoms with Gasteiger partial charge in [0, 0.05) is 61.8 Å². The number of aliphatic hydroxyl groups is 1. The molecule has 0 bridgehead atoms. The third-order valence-electron chi connectivity index (χ3n) is 11.0. The molecule has 0 unspecified atom stereocenters. The van der Waals surface area contributed by atoms with E-state index < -0.39 is 5.95 Å². The number of hydrogen-bond donors (Lipinski definition) is 3. The molecule has 4 heterocycles. The summed E-state index contributed by atoms with van der Waals surface area (Å²) in [5.41, 5.74) is 14.1. The molecule has 1 amide bonds. The van der Waals surface area contributed by atoms with E-state index in [0.717, 1.165) is 70.3 Å². The van der Waals surface area contributed by atoms with E-state index in [4.69, 9.17) is 10.5 Å². The van der Waals surface area contributed by atoms with Crippen LogP contribution in [0.25, 0.3) is 22.3 Å². The maximum atomic E-state index is 13.3. The summed E-state index contributed by atoms with van der Waals surface area (Å²) >= 11 is 0. The van der Waals surface area contributed by atoms with Gasteiger partial charge in [-0.05, 0) is 84.5 Å². The Kier molecular flexibility index (Phi) is 8.88. The van der Waals surface area contributed by atoms with E-state index in [1.165, 1.54) is 34.5 Å². The quantitative estimate of drug-likeness (QED) is 0.222. The van der Waals surface area contributed by atoms with E-state index in [9.17, 15) is 14.3 Å². The van der Waals surface area contributed by atoms with Crippen molar-refractivity contribution < 1.29 is 19.0 Å². The fourth-order valence-corrected chi connectivity index (χ4v) is 8.37. The number of nitrogens with zero attached hydrogens (tertiary/aromatic N) is 4. The summed E-state index contributed by atoms with van der Waals surface area (Å²) < 4.78 is 19.7. The molecule has 2 aromatic carbocycles. The van der Waals surface area contributed by atoms with Crippen LogP contribution in [0.1, 0.15) is 65.2 Å². The molecule has 254 valence electrons. The number of rotatable bonds is 8. The molecular formula is C39H43FN6O3. The topological polar surface area (TPSA) is 117 Å². The number of carbonyl (C=O) groups is 1. The summed E-state index contributed by atoms with van der Waals surface area (Å²) in [7, 11) is 0. The number of piperazine rings is 1. The molecule has 8 rings (SSSR count). The Bertz CT molecular complexity index is 1820. The number of nitrogens with one attached hydrogen (secondary N) is 1. The number of ether oxygens (including phenoxy) is 1. The highest BCUT2D eigenvalue weighted by molar-refractivity contribution is 5.99. The van der Waals surface area contributed by atoms with Crippen LogP contribution in [0.2, 0.25) is 0 Å². The van der Waals surface area contributed by atoms with Gasteiger partial charge in [0.15, 0.2) is 0 Å². The lowest BCUT2D eigenvalue weighted by atomic mass is 9.98. The number of amides is 1. The molecule has 0 radical (unpaired) electrons. The predicted octanol–water partition coefficient (Wildman–Crippen LogP) is 5.14. The zero-order valence-electron chi connectivity index (χ0n) is 27.6. The number of aromatic nitrogens is 2. The minimum absolute atomic E-state index is 0.103. The van der Waals surface area contributed by atoms with Gasteiger partial charge < -0.3 is 20.9 Å². The van der Waals surface area contributed by atoms with Crippen molar-refractivity contribution in [2.45, 2.75) is 75.5 Å². The number of anilines is 1. The maximum Gasteiger partial charge on any atom is 0.255 e. The molecule has 2 aromatic heterocycles. The number of aliphatic hydroxyl groups excluding tert-OH is 1. The zero-order chi connectivity index (χ0) is 33.5. The van der Waals surface area contributed by atoms with Gasteiger partial charge in [-0.25, -0.2) is 9.97 Å². The van der Waals surface area contributed by atoms with Crippen molar-refractivity contribution in [1.82, 2.24) is 25.1 Å². The van der Waals surface area contributed by atoms with Gasteiger partial charge in [0.25, 0.3) is 5.91 Å². The number of aryl methyl sites for hydroxylation is 1. The molecule has 9 nitrogen and oxygen atoms in total. The molecule has 4 aromatic rings. The van der Waals surface area contributed by atoms with Gasteiger partial charge >= 0.3 is 0 Å². The summed E-state index contributed by atoms with van der Waals surface area (Å²) in [6.45, 7) is 4.47. The lowest BCUT2D eigenvalue weighted by Gasteiger charge is -2.40. The Morgan fingerprint density at radius 2 is 1.71 bits per heavy atom. The van der Waals surface area contributed by atoms with Crippen LogP contribution >= 0.6 is 0 Å². The number of carbonyl (C=O) groups excluding carboxylic acids is 1. The van der Waals surface area contributed by atoms with Crippen molar-refractivity contribution in [2.24, 2.45) is 0 Å². The minimum Gasteiger partial charge on any atom is -0.392 e. The second-order valence-electron chi connectivity index (χ2n) is 14.1. The molecular weight excluding hydrogens is 619 g/mol. The van der Waals surface area contributed by atoms with Crippen molar-refractivity contribution in [3.8, 4) is 22.3 Å². The molecule has 10 heteroatoms. The summed E-state index contributed by atoms with van der Waals surface area (Å²) in [6, 6.07) is 20.9. The van der Waals surface area contributed by atoms with Crippen LogP contribution < -0.4 is 11.1 Å². The van der Waals surface area contributed by atoms with Crippen molar-refractivity contribution in [3.63, 3.8) is 0 Å². The van der Waals surface area contributed by atoms with E-state index in [0.29, 0.717) is 29.8 Å². The van der Waals surface area contributed by atoms with Crippen molar-refractivity contribution in [2.75, 3.05) is 31.9 Å². The zero-order valence-corrected chi connectivity index (χ0v) is 27.6. The van der Waals surface area contributed by atoms with E-state index in [1.807, 2.05) is 0 Å². The Balaban J connectivity index is 0.870. The number of benzene rings is 2. The average Bonchev–Trinajstić information content (AvgIpc) is 3.85. The van der Waals surface area contributed by atoms with Crippen LogP contribution in [0.5, 0.6) is 0 Å². The molecule has 4 N–H and O–H groups in total. The van der Waals surface area contributed by atoms with Gasteiger partial charge in [-0.2, -0.15) is 4.39 Å². The summed E-state index contributed by atoms with van der Waals surface area (Å²) in [4.78, 5) is 26.3. The Morgan fingerprint density at radius 1 is 0.918 bits per heavy atom. The monoisotopic (exact) mass is 662 g/mol. The number of hydrogen-bond acceptors (Lipinski definition) is 8. The fraction of sp³-hybridized carbons (Fsp3) is 0.410. The predicted molar refractivity (Wildman–Crippen MR) is 186 cm³/mol. The maximum absolute atomic E-state index is 13.3. The van der Waals surface area contributed by atoms with E-state index in [-0.39, 0.29) is 35.5 Å². The Hall–Kier alpha value is -4.22. The largest absolute Gasteiger partial charge is 0.392 e. The van der Waals surface area contributed by atoms with Crippen molar-refractivity contribution in [3.05, 3.63) is 101 Å². The van der Waals surface area contributed by atoms with E-state index in [1.54, 1.807) is 18.3 Å². The highest BCUT2D eigenvalue weighted by Crippen LogP contribution is 2.40. The van der Waals surface area contributed by atoms with Crippen LogP contribution in [0.3, 0.4) is 0 Å². The van der Waals surface area contributed by atoms with Crippen molar-refractivity contribution >= 4 is 11.7 Å². The lowest BCUT2D eigenvalue weighted by molar-refractivity contribution is 0.0272. The van der Waals surface area contributed by atoms with E-state index >= 15 is 0 Å². The van der Waals surface area contributed by atoms with Gasteiger partial charge in [0.2, 0.25) is 5.95 Å². The number of fused-ring (bicyclic) bond motifs is 2. The fourth-order valence-electron chi connectivity index (χ4n) is 8.37. The van der Waals surface area contributed by atoms with Crippen LogP contribution in [-0.2, 0) is 17.8 Å². The molecule has 4 aliphatic rings. The molecule has 2 saturated heterocycles. The highest BCUT2D eigenvalue weighted by atomic mass is 19.1. The van der Waals surface area contributed by atoms with Crippen LogP contribution in [0.4, 0.5) is 10.2 Å². The molecule has 1 saturated carbocycles. The minimum atomic E-state index is -0.571. The number of halogens is 1. The first-order chi connectivity index (χ1) is 23.9. The Morgan fingerprint density at radius 3 is 2.55 bits per heavy atom. The van der Waals surface area contributed by atoms with Gasteiger partial charge in [0.05, 0.1) is 30.4 Å². The molecule has 0 spiro atoms. The van der Waals surface area contributed by atoms with Crippen LogP contribution in [-0.4, -0.2) is 81.3 Å². The standard InChI is InChI=1S/C39H43FN6O3/c40-37-13-10-28(19-42-37)29-17-33(38(41)43-20-29)39(48)44-34-2-1-3-36(34)49-23-24-4-6-25(7-5-24)26-8-11-32-27(16-26)9-12-35(32)46-15-14-45-22-31(47)18-30(45)21-46/h4-8,10-11,13,16-17,19-20,30-31,34-36,47H,1-3,9,12,14-15,18,21-23H2,(H2,41,43)(H,44,48)/t30-,31+,34-,35-,36-/m0/s1. The number of nitrogen functional groups attached to an aromatic ring is 1. The molecule has 49 heavy (non-hydrogen) atoms. The van der Waals surface area contributed by atoms with Gasteiger partial charge in [0.1, 0.15) is 5.82 Å². The second kappa shape index (κ2) is 13.6. The number of pyridine rings is 2. The summed E-state index contributed by atoms with van der Waals surface area (Å²) in [6.07, 6.45) is 8.51.